The Labute approximate surface area is 167 Å². The Hall–Kier alpha value is -3.37. The van der Waals surface area contributed by atoms with Crippen molar-refractivity contribution in [3.8, 4) is 0 Å². The van der Waals surface area contributed by atoms with Crippen molar-refractivity contribution in [2.75, 3.05) is 10.2 Å². The molecule has 5 rings (SSSR count). The largest absolute Gasteiger partial charge is 0.325 e. The Bertz CT molecular complexity index is 1150. The Morgan fingerprint density at radius 2 is 1.61 bits per heavy atom. The van der Waals surface area contributed by atoms with Gasteiger partial charge in [-0.25, -0.2) is 0 Å². The molecule has 1 unspecified atom stereocenters. The summed E-state index contributed by atoms with van der Waals surface area (Å²) in [5.74, 6) is -1.49. The van der Waals surface area contributed by atoms with Gasteiger partial charge >= 0.3 is 0 Å². The van der Waals surface area contributed by atoms with Crippen LogP contribution in [0, 0.1) is 0 Å². The summed E-state index contributed by atoms with van der Waals surface area (Å²) in [7, 11) is 0. The highest BCUT2D eigenvalue weighted by Crippen LogP contribution is 2.47. The van der Waals surface area contributed by atoms with Crippen molar-refractivity contribution < 1.29 is 9.59 Å². The van der Waals surface area contributed by atoms with Crippen LogP contribution in [-0.2, 0) is 9.59 Å². The average molecular weight is 387 g/mol. The summed E-state index contributed by atoms with van der Waals surface area (Å²) < 4.78 is 0. The predicted molar refractivity (Wildman–Crippen MR) is 112 cm³/mol. The van der Waals surface area contributed by atoms with Gasteiger partial charge in [-0.1, -0.05) is 60.2 Å². The number of rotatable bonds is 2. The molecule has 0 saturated carbocycles. The van der Waals surface area contributed by atoms with Crippen LogP contribution in [0.15, 0.2) is 66.7 Å². The highest BCUT2D eigenvalue weighted by Gasteiger charge is 2.44. The fourth-order valence-electron chi connectivity index (χ4n) is 3.83. The van der Waals surface area contributed by atoms with E-state index in [9.17, 15) is 9.59 Å². The number of fused-ring (bicyclic) bond motifs is 2. The van der Waals surface area contributed by atoms with Gasteiger partial charge in [0.25, 0.3) is 0 Å². The van der Waals surface area contributed by atoms with Crippen molar-refractivity contribution >= 4 is 52.6 Å². The van der Waals surface area contributed by atoms with Crippen LogP contribution in [0.3, 0.4) is 0 Å². The monoisotopic (exact) mass is 386 g/mol. The van der Waals surface area contributed by atoms with E-state index in [-0.39, 0.29) is 11.8 Å². The van der Waals surface area contributed by atoms with Gasteiger partial charge in [0.15, 0.2) is 0 Å². The molecule has 0 radical (unpaired) electrons. The van der Waals surface area contributed by atoms with Crippen LogP contribution < -0.4 is 10.2 Å². The first-order valence-electron chi connectivity index (χ1n) is 8.94. The lowest BCUT2D eigenvalue weighted by molar-refractivity contribution is -0.126. The molecule has 0 bridgehead atoms. The number of carbonyl (C=O) groups is 2. The molecule has 0 saturated heterocycles. The second-order valence-electron chi connectivity index (χ2n) is 6.78. The highest BCUT2D eigenvalue weighted by atomic mass is 35.5. The molecule has 2 heterocycles. The molecule has 1 N–H and O–H groups in total. The van der Waals surface area contributed by atoms with Crippen LogP contribution in [0.1, 0.15) is 22.6 Å². The number of anilines is 3. The Kier molecular flexibility index (Phi) is 3.81. The average Bonchev–Trinajstić information content (AvgIpc) is 2.89. The number of carbonyl (C=O) groups excluding carboxylic acids is 2. The van der Waals surface area contributed by atoms with E-state index in [4.69, 9.17) is 11.6 Å². The lowest BCUT2D eigenvalue weighted by atomic mass is 9.97. The van der Waals surface area contributed by atoms with Gasteiger partial charge in [0.05, 0.1) is 11.4 Å². The summed E-state index contributed by atoms with van der Waals surface area (Å²) in [5.41, 5.74) is 4.75. The van der Waals surface area contributed by atoms with Crippen LogP contribution in [-0.4, -0.2) is 11.8 Å². The topological polar surface area (TPSA) is 49.4 Å². The summed E-state index contributed by atoms with van der Waals surface area (Å²) in [6.07, 6.45) is 3.99. The fourth-order valence-corrected chi connectivity index (χ4v) is 3.96. The zero-order chi connectivity index (χ0) is 19.3. The quantitative estimate of drug-likeness (QED) is 0.613. The number of amides is 2. The minimum absolute atomic E-state index is 0.245. The SMILES string of the molecule is O=C(Nc1ccc(Cl)cc1)C1C(=O)N2c3ccccc3C=Cc3cccc1c32. The number of nitrogens with zero attached hydrogens (tertiary/aromatic N) is 1. The molecule has 0 aliphatic carbocycles. The summed E-state index contributed by atoms with van der Waals surface area (Å²) in [5, 5.41) is 3.43. The molecule has 136 valence electrons. The smallest absolute Gasteiger partial charge is 0.248 e. The first-order valence-corrected chi connectivity index (χ1v) is 9.32. The summed E-state index contributed by atoms with van der Waals surface area (Å²) >= 11 is 5.91. The van der Waals surface area contributed by atoms with Gasteiger partial charge in [-0.2, -0.15) is 0 Å². The van der Waals surface area contributed by atoms with E-state index in [0.29, 0.717) is 10.7 Å². The van der Waals surface area contributed by atoms with E-state index < -0.39 is 5.92 Å². The molecule has 0 aromatic heterocycles. The van der Waals surface area contributed by atoms with Gasteiger partial charge in [0.1, 0.15) is 5.92 Å². The number of para-hydroxylation sites is 2. The van der Waals surface area contributed by atoms with E-state index in [1.54, 1.807) is 29.2 Å². The van der Waals surface area contributed by atoms with Crippen molar-refractivity contribution in [1.29, 1.82) is 0 Å². The molecule has 28 heavy (non-hydrogen) atoms. The summed E-state index contributed by atoms with van der Waals surface area (Å²) in [4.78, 5) is 28.1. The minimum atomic E-state index is -0.898. The van der Waals surface area contributed by atoms with Crippen LogP contribution in [0.4, 0.5) is 17.1 Å². The summed E-state index contributed by atoms with van der Waals surface area (Å²) in [6.45, 7) is 0. The van der Waals surface area contributed by atoms with Crippen molar-refractivity contribution in [2.45, 2.75) is 5.92 Å². The van der Waals surface area contributed by atoms with E-state index in [1.165, 1.54) is 0 Å². The lowest BCUT2D eigenvalue weighted by Crippen LogP contribution is -2.31. The normalized spacial score (nSPS) is 16.4. The standard InChI is InChI=1S/C23H15ClN2O2/c24-16-10-12-17(13-11-16)25-22(27)20-18-6-3-5-15-9-8-14-4-1-2-7-19(14)26(21(15)18)23(20)28/h1-13,20H,(H,25,27). The number of nitrogens with one attached hydrogen (secondary N) is 1. The number of hydrogen-bond acceptors (Lipinski definition) is 2. The molecule has 2 aliphatic heterocycles. The van der Waals surface area contributed by atoms with Crippen molar-refractivity contribution in [1.82, 2.24) is 0 Å². The molecule has 0 fully saturated rings. The second kappa shape index (κ2) is 6.36. The minimum Gasteiger partial charge on any atom is -0.325 e. The Balaban J connectivity index is 1.60. The third-order valence-corrected chi connectivity index (χ3v) is 5.35. The van der Waals surface area contributed by atoms with Crippen LogP contribution in [0.2, 0.25) is 5.02 Å². The lowest BCUT2D eigenvalue weighted by Gasteiger charge is -2.20. The molecule has 5 heteroatoms. The number of benzene rings is 3. The third kappa shape index (κ3) is 2.53. The maximum Gasteiger partial charge on any atom is 0.248 e. The maximum absolute atomic E-state index is 13.4. The van der Waals surface area contributed by atoms with E-state index in [2.05, 4.69) is 5.32 Å². The molecule has 0 spiro atoms. The molecule has 4 nitrogen and oxygen atoms in total. The highest BCUT2D eigenvalue weighted by molar-refractivity contribution is 6.30. The molecular formula is C23H15ClN2O2. The maximum atomic E-state index is 13.4. The summed E-state index contributed by atoms with van der Waals surface area (Å²) in [6, 6.07) is 20.2. The molecule has 2 amide bonds. The molecule has 3 aromatic rings. The number of hydrogen-bond donors (Lipinski definition) is 1. The van der Waals surface area contributed by atoms with Crippen molar-refractivity contribution in [3.05, 3.63) is 88.4 Å². The van der Waals surface area contributed by atoms with Crippen LogP contribution >= 0.6 is 11.6 Å². The Morgan fingerprint density at radius 3 is 2.43 bits per heavy atom. The fraction of sp³-hybridized carbons (Fsp3) is 0.0435. The van der Waals surface area contributed by atoms with E-state index >= 15 is 0 Å². The van der Waals surface area contributed by atoms with E-state index in [0.717, 1.165) is 28.1 Å². The molecular weight excluding hydrogens is 372 g/mol. The first-order chi connectivity index (χ1) is 13.6. The third-order valence-electron chi connectivity index (χ3n) is 5.09. The molecule has 2 aliphatic rings. The van der Waals surface area contributed by atoms with Gasteiger partial charge < -0.3 is 5.32 Å². The van der Waals surface area contributed by atoms with Crippen molar-refractivity contribution in [3.63, 3.8) is 0 Å². The van der Waals surface area contributed by atoms with Gasteiger partial charge in [-0.3, -0.25) is 14.5 Å². The second-order valence-corrected chi connectivity index (χ2v) is 7.22. The van der Waals surface area contributed by atoms with E-state index in [1.807, 2.05) is 54.6 Å². The number of halogens is 1. The van der Waals surface area contributed by atoms with Gasteiger partial charge in [0.2, 0.25) is 11.8 Å². The van der Waals surface area contributed by atoms with Crippen molar-refractivity contribution in [2.24, 2.45) is 0 Å². The molecule has 3 aromatic carbocycles. The predicted octanol–water partition coefficient (Wildman–Crippen LogP) is 5.22. The first kappa shape index (κ1) is 16.8. The molecule has 1 atom stereocenters. The van der Waals surface area contributed by atoms with Crippen LogP contribution in [0.5, 0.6) is 0 Å². The van der Waals surface area contributed by atoms with Crippen LogP contribution in [0.25, 0.3) is 12.2 Å². The van der Waals surface area contributed by atoms with Gasteiger partial charge in [-0.15, -0.1) is 0 Å². The zero-order valence-electron chi connectivity index (χ0n) is 14.7. The zero-order valence-corrected chi connectivity index (χ0v) is 15.5. The van der Waals surface area contributed by atoms with Gasteiger partial charge in [-0.05, 0) is 47.0 Å². The van der Waals surface area contributed by atoms with Gasteiger partial charge in [0, 0.05) is 10.7 Å². The Morgan fingerprint density at radius 1 is 0.893 bits per heavy atom.